The van der Waals surface area contributed by atoms with Gasteiger partial charge in [0.15, 0.2) is 0 Å². The Balaban J connectivity index is 0.781. The van der Waals surface area contributed by atoms with Crippen LogP contribution in [0.4, 0.5) is 0 Å². The van der Waals surface area contributed by atoms with Crippen molar-refractivity contribution in [3.05, 3.63) is 0 Å². The Bertz CT molecular complexity index is 491. The number of fused-ring (bicyclic) bond motifs is 2. The van der Waals surface area contributed by atoms with Crippen LogP contribution >= 0.6 is 0 Å². The van der Waals surface area contributed by atoms with Crippen LogP contribution in [0.2, 0.25) is 0 Å². The fraction of sp³-hybridized carbons (Fsp3) is 1.00. The summed E-state index contributed by atoms with van der Waals surface area (Å²) in [5.74, 6) is 1.96. The van der Waals surface area contributed by atoms with E-state index in [2.05, 4.69) is 0 Å². The highest BCUT2D eigenvalue weighted by atomic mass is 16.6. The van der Waals surface area contributed by atoms with E-state index in [9.17, 15) is 0 Å². The van der Waals surface area contributed by atoms with E-state index in [0.29, 0.717) is 24.4 Å². The maximum atomic E-state index is 5.87. The van der Waals surface area contributed by atoms with Crippen molar-refractivity contribution in [2.45, 2.75) is 179 Å². The van der Waals surface area contributed by atoms with Gasteiger partial charge in [0, 0.05) is 13.2 Å². The summed E-state index contributed by atoms with van der Waals surface area (Å²) in [5.41, 5.74) is 0. The quantitative estimate of drug-likeness (QED) is 0.112. The molecule has 2 saturated heterocycles. The Morgan fingerprint density at radius 1 is 0.400 bits per heavy atom. The van der Waals surface area contributed by atoms with Crippen LogP contribution < -0.4 is 0 Å². The van der Waals surface area contributed by atoms with Crippen molar-refractivity contribution in [1.29, 1.82) is 0 Å². The van der Waals surface area contributed by atoms with Gasteiger partial charge in [0.2, 0.25) is 0 Å². The van der Waals surface area contributed by atoms with Crippen LogP contribution in [0.1, 0.15) is 154 Å². The molecule has 4 fully saturated rings. The highest BCUT2D eigenvalue weighted by Gasteiger charge is 2.44. The van der Waals surface area contributed by atoms with Crippen molar-refractivity contribution in [2.24, 2.45) is 11.8 Å². The van der Waals surface area contributed by atoms with Gasteiger partial charge in [0.1, 0.15) is 0 Å². The number of hydrogen-bond acceptors (Lipinski definition) is 3. The third-order valence-electron chi connectivity index (χ3n) is 9.53. The van der Waals surface area contributed by atoms with Gasteiger partial charge < -0.3 is 14.2 Å². The second kappa shape index (κ2) is 16.7. The summed E-state index contributed by atoms with van der Waals surface area (Å²) < 4.78 is 17.2. The van der Waals surface area contributed by atoms with E-state index < -0.39 is 0 Å². The second-order valence-electron chi connectivity index (χ2n) is 12.6. The van der Waals surface area contributed by atoms with E-state index in [4.69, 9.17) is 14.2 Å². The van der Waals surface area contributed by atoms with Gasteiger partial charge in [-0.2, -0.15) is 0 Å². The third kappa shape index (κ3) is 11.9. The summed E-state index contributed by atoms with van der Waals surface area (Å²) in [6, 6.07) is 0. The molecule has 0 aromatic heterocycles. The number of ether oxygens (including phenoxy) is 3. The summed E-state index contributed by atoms with van der Waals surface area (Å²) >= 11 is 0. The fourth-order valence-electron chi connectivity index (χ4n) is 7.00. The largest absolute Gasteiger partial charge is 0.381 e. The van der Waals surface area contributed by atoms with Gasteiger partial charge in [0.05, 0.1) is 24.4 Å². The van der Waals surface area contributed by atoms with Crippen molar-refractivity contribution in [1.82, 2.24) is 0 Å². The lowest BCUT2D eigenvalue weighted by atomic mass is 9.85. The highest BCUT2D eigenvalue weighted by molar-refractivity contribution is 4.92. The van der Waals surface area contributed by atoms with E-state index in [1.165, 1.54) is 154 Å². The van der Waals surface area contributed by atoms with E-state index in [1.54, 1.807) is 0 Å². The van der Waals surface area contributed by atoms with Gasteiger partial charge in [-0.1, -0.05) is 103 Å². The lowest BCUT2D eigenvalue weighted by molar-refractivity contribution is 0.125. The number of hydrogen-bond donors (Lipinski definition) is 0. The minimum absolute atomic E-state index is 0.667. The molecule has 204 valence electrons. The summed E-state index contributed by atoms with van der Waals surface area (Å²) in [5, 5.41) is 0. The van der Waals surface area contributed by atoms with Gasteiger partial charge in [-0.05, 0) is 63.2 Å². The van der Waals surface area contributed by atoms with Crippen molar-refractivity contribution >= 4 is 0 Å². The van der Waals surface area contributed by atoms with Crippen LogP contribution in [0, 0.1) is 11.8 Å². The molecule has 0 aromatic rings. The molecule has 6 atom stereocenters. The topological polar surface area (TPSA) is 34.3 Å². The van der Waals surface area contributed by atoms with Gasteiger partial charge in [-0.25, -0.2) is 0 Å². The van der Waals surface area contributed by atoms with E-state index in [-0.39, 0.29) is 0 Å². The maximum absolute atomic E-state index is 5.87. The molecule has 3 heteroatoms. The Kier molecular flexibility index (Phi) is 13.3. The monoisotopic (exact) mass is 490 g/mol. The summed E-state index contributed by atoms with van der Waals surface area (Å²) in [7, 11) is 0. The van der Waals surface area contributed by atoms with Crippen molar-refractivity contribution in [2.75, 3.05) is 13.2 Å². The molecule has 2 aliphatic carbocycles. The predicted molar refractivity (Wildman–Crippen MR) is 146 cm³/mol. The van der Waals surface area contributed by atoms with Gasteiger partial charge in [-0.15, -0.1) is 0 Å². The molecule has 35 heavy (non-hydrogen) atoms. The number of rotatable bonds is 22. The lowest BCUT2D eigenvalue weighted by Crippen LogP contribution is -2.13. The van der Waals surface area contributed by atoms with Crippen LogP contribution in [0.3, 0.4) is 0 Å². The predicted octanol–water partition coefficient (Wildman–Crippen LogP) is 9.16. The SMILES string of the molecule is C(CCCCCC1CCC2OC2C1)CCCCOCCCCCCCCCCC1CCC2OC2C1. The molecule has 2 aliphatic heterocycles. The van der Waals surface area contributed by atoms with Gasteiger partial charge in [-0.3, -0.25) is 0 Å². The summed E-state index contributed by atoms with van der Waals surface area (Å²) in [4.78, 5) is 0. The first-order valence-electron chi connectivity index (χ1n) is 16.3. The fourth-order valence-corrected chi connectivity index (χ4v) is 7.00. The first kappa shape index (κ1) is 27.9. The van der Waals surface area contributed by atoms with Crippen LogP contribution in [-0.2, 0) is 14.2 Å². The minimum atomic E-state index is 0.667. The molecule has 0 bridgehead atoms. The number of epoxide rings is 2. The standard InChI is InChI=1S/C32H58O3/c1(5-9-13-17-27-19-21-29-31(25-27)34-29)3-7-11-15-23-33-24-16-12-8-4-2-6-10-14-18-28-20-22-30-32(26-28)35-30/h27-32H,1-26H2. The smallest absolute Gasteiger partial charge is 0.0844 e. The zero-order valence-electron chi connectivity index (χ0n) is 23.1. The molecule has 2 heterocycles. The lowest BCUT2D eigenvalue weighted by Gasteiger charge is -2.18. The molecule has 4 aliphatic rings. The zero-order chi connectivity index (χ0) is 24.0. The Morgan fingerprint density at radius 3 is 1.17 bits per heavy atom. The van der Waals surface area contributed by atoms with Crippen molar-refractivity contribution in [3.8, 4) is 0 Å². The van der Waals surface area contributed by atoms with Gasteiger partial charge in [0.25, 0.3) is 0 Å². The summed E-state index contributed by atoms with van der Waals surface area (Å²) in [6.07, 6.45) is 36.4. The molecule has 0 aromatic carbocycles. The Labute approximate surface area is 217 Å². The first-order chi connectivity index (χ1) is 17.4. The molecule has 2 saturated carbocycles. The summed E-state index contributed by atoms with van der Waals surface area (Å²) in [6.45, 7) is 1.98. The van der Waals surface area contributed by atoms with E-state index in [0.717, 1.165) is 25.0 Å². The van der Waals surface area contributed by atoms with Crippen LogP contribution in [0.15, 0.2) is 0 Å². The van der Waals surface area contributed by atoms with Crippen molar-refractivity contribution < 1.29 is 14.2 Å². The molecule has 6 unspecified atom stereocenters. The maximum Gasteiger partial charge on any atom is 0.0844 e. The van der Waals surface area contributed by atoms with Crippen LogP contribution in [-0.4, -0.2) is 37.6 Å². The van der Waals surface area contributed by atoms with Crippen LogP contribution in [0.25, 0.3) is 0 Å². The molecule has 0 radical (unpaired) electrons. The van der Waals surface area contributed by atoms with Crippen LogP contribution in [0.5, 0.6) is 0 Å². The average Bonchev–Trinajstić information content (AvgIpc) is 3.79. The molecule has 3 nitrogen and oxygen atoms in total. The van der Waals surface area contributed by atoms with E-state index in [1.807, 2.05) is 0 Å². The molecule has 4 rings (SSSR count). The second-order valence-corrected chi connectivity index (χ2v) is 12.6. The first-order valence-corrected chi connectivity index (χ1v) is 16.3. The average molecular weight is 491 g/mol. The molecule has 0 spiro atoms. The van der Waals surface area contributed by atoms with Crippen molar-refractivity contribution in [3.63, 3.8) is 0 Å². The zero-order valence-corrected chi connectivity index (χ0v) is 23.1. The van der Waals surface area contributed by atoms with E-state index >= 15 is 0 Å². The molecular weight excluding hydrogens is 432 g/mol. The Hall–Kier alpha value is -0.120. The Morgan fingerprint density at radius 2 is 0.771 bits per heavy atom. The highest BCUT2D eigenvalue weighted by Crippen LogP contribution is 2.42. The molecule has 0 amide bonds. The number of unbranched alkanes of at least 4 members (excludes halogenated alkanes) is 14. The minimum Gasteiger partial charge on any atom is -0.381 e. The van der Waals surface area contributed by atoms with Gasteiger partial charge >= 0.3 is 0 Å². The third-order valence-corrected chi connectivity index (χ3v) is 9.53. The molecular formula is C32H58O3. The molecule has 0 N–H and O–H groups in total. The normalized spacial score (nSPS) is 31.2.